The Morgan fingerprint density at radius 1 is 1.54 bits per heavy atom. The Morgan fingerprint density at radius 3 is 2.92 bits per heavy atom. The summed E-state index contributed by atoms with van der Waals surface area (Å²) < 4.78 is 0. The van der Waals surface area contributed by atoms with Gasteiger partial charge in [0.15, 0.2) is 0 Å². The van der Waals surface area contributed by atoms with Crippen molar-refractivity contribution in [1.29, 1.82) is 0 Å². The zero-order valence-corrected chi connectivity index (χ0v) is 8.06. The molecule has 2 heteroatoms. The lowest BCUT2D eigenvalue weighted by molar-refractivity contribution is -0.107. The fraction of sp³-hybridized carbons (Fsp3) is 0.182. The number of benzene rings is 1. The second kappa shape index (κ2) is 4.69. The van der Waals surface area contributed by atoms with E-state index in [9.17, 15) is 4.79 Å². The predicted molar refractivity (Wildman–Crippen MR) is 53.7 cm³/mol. The van der Waals surface area contributed by atoms with Gasteiger partial charge in [-0.3, -0.25) is 0 Å². The number of aryl methyl sites for hydroxylation is 1. The third kappa shape index (κ3) is 2.61. The smallest absolute Gasteiger partial charge is 0.131 e. The molecule has 0 unspecified atom stereocenters. The van der Waals surface area contributed by atoms with E-state index in [0.717, 1.165) is 17.4 Å². The van der Waals surface area contributed by atoms with Gasteiger partial charge >= 0.3 is 0 Å². The second-order valence-corrected chi connectivity index (χ2v) is 3.01. The third-order valence-electron chi connectivity index (χ3n) is 1.62. The first kappa shape index (κ1) is 9.83. The van der Waals surface area contributed by atoms with Crippen LogP contribution in [0.2, 0.25) is 5.02 Å². The maximum absolute atomic E-state index is 10.0. The Bertz CT molecular complexity index is 351. The molecule has 0 amide bonds. The van der Waals surface area contributed by atoms with Crippen LogP contribution in [0.5, 0.6) is 0 Å². The summed E-state index contributed by atoms with van der Waals surface area (Å²) in [6.07, 6.45) is 1.03. The predicted octanol–water partition coefficient (Wildman–Crippen LogP) is 2.59. The summed E-state index contributed by atoms with van der Waals surface area (Å²) in [4.78, 5) is 10.0. The Balaban J connectivity index is 3.01. The van der Waals surface area contributed by atoms with Crippen LogP contribution in [0.3, 0.4) is 0 Å². The van der Waals surface area contributed by atoms with Crippen molar-refractivity contribution < 1.29 is 4.79 Å². The van der Waals surface area contributed by atoms with Crippen LogP contribution < -0.4 is 0 Å². The molecule has 66 valence electrons. The van der Waals surface area contributed by atoms with Crippen molar-refractivity contribution in [3.63, 3.8) is 0 Å². The highest BCUT2D eigenvalue weighted by atomic mass is 35.5. The van der Waals surface area contributed by atoms with Gasteiger partial charge < -0.3 is 4.79 Å². The average molecular weight is 193 g/mol. The van der Waals surface area contributed by atoms with E-state index in [1.165, 1.54) is 0 Å². The van der Waals surface area contributed by atoms with Gasteiger partial charge in [0.1, 0.15) is 6.29 Å². The molecule has 0 radical (unpaired) electrons. The van der Waals surface area contributed by atoms with Crippen LogP contribution in [-0.4, -0.2) is 6.29 Å². The molecule has 0 heterocycles. The van der Waals surface area contributed by atoms with E-state index < -0.39 is 0 Å². The minimum absolute atomic E-state index is 0.255. The number of carbonyl (C=O) groups excluding carboxylic acids is 1. The van der Waals surface area contributed by atoms with Gasteiger partial charge in [-0.2, -0.15) is 0 Å². The molecule has 0 saturated heterocycles. The maximum atomic E-state index is 10.0. The van der Waals surface area contributed by atoms with Gasteiger partial charge in [-0.1, -0.05) is 35.6 Å². The van der Waals surface area contributed by atoms with E-state index >= 15 is 0 Å². The standard InChI is InChI=1S/C11H9ClO/c1-9-5-4-7-11(12)10(9)6-2-3-8-13/h4-5,7-8H,3H2,1H3. The van der Waals surface area contributed by atoms with Crippen molar-refractivity contribution in [2.75, 3.05) is 0 Å². The van der Waals surface area contributed by atoms with Crippen LogP contribution in [-0.2, 0) is 4.79 Å². The van der Waals surface area contributed by atoms with Gasteiger partial charge in [0.2, 0.25) is 0 Å². The van der Waals surface area contributed by atoms with Crippen molar-refractivity contribution in [3.8, 4) is 11.8 Å². The highest BCUT2D eigenvalue weighted by Crippen LogP contribution is 2.17. The Morgan fingerprint density at radius 2 is 2.31 bits per heavy atom. The second-order valence-electron chi connectivity index (χ2n) is 2.60. The Kier molecular flexibility index (Phi) is 3.54. The fourth-order valence-corrected chi connectivity index (χ4v) is 1.24. The van der Waals surface area contributed by atoms with E-state index in [4.69, 9.17) is 11.6 Å². The fourth-order valence-electron chi connectivity index (χ4n) is 0.971. The summed E-state index contributed by atoms with van der Waals surface area (Å²) >= 11 is 5.92. The van der Waals surface area contributed by atoms with Crippen molar-refractivity contribution in [2.24, 2.45) is 0 Å². The van der Waals surface area contributed by atoms with Crippen LogP contribution in [0.4, 0.5) is 0 Å². The van der Waals surface area contributed by atoms with E-state index in [2.05, 4.69) is 11.8 Å². The Hall–Kier alpha value is -1.26. The minimum atomic E-state index is 0.255. The van der Waals surface area contributed by atoms with Crippen molar-refractivity contribution in [2.45, 2.75) is 13.3 Å². The van der Waals surface area contributed by atoms with Crippen molar-refractivity contribution in [1.82, 2.24) is 0 Å². The first-order valence-corrected chi connectivity index (χ1v) is 4.31. The topological polar surface area (TPSA) is 17.1 Å². The Labute approximate surface area is 82.7 Å². The van der Waals surface area contributed by atoms with Gasteiger partial charge in [0.05, 0.1) is 11.4 Å². The number of hydrogen-bond donors (Lipinski definition) is 0. The molecular formula is C11H9ClO. The zero-order chi connectivity index (χ0) is 9.68. The molecule has 13 heavy (non-hydrogen) atoms. The largest absolute Gasteiger partial charge is 0.302 e. The molecule has 0 aliphatic heterocycles. The van der Waals surface area contributed by atoms with Gasteiger partial charge in [-0.15, -0.1) is 0 Å². The van der Waals surface area contributed by atoms with Gasteiger partial charge in [-0.05, 0) is 18.6 Å². The van der Waals surface area contributed by atoms with Crippen LogP contribution in [0.1, 0.15) is 17.5 Å². The zero-order valence-electron chi connectivity index (χ0n) is 7.30. The normalized spacial score (nSPS) is 8.77. The number of rotatable bonds is 1. The first-order chi connectivity index (χ1) is 6.25. The number of hydrogen-bond acceptors (Lipinski definition) is 1. The van der Waals surface area contributed by atoms with Crippen LogP contribution >= 0.6 is 11.6 Å². The molecule has 0 saturated carbocycles. The molecule has 0 spiro atoms. The maximum Gasteiger partial charge on any atom is 0.131 e. The third-order valence-corrected chi connectivity index (χ3v) is 1.94. The van der Waals surface area contributed by atoms with Crippen LogP contribution in [0.25, 0.3) is 0 Å². The molecule has 1 aromatic rings. The van der Waals surface area contributed by atoms with Crippen LogP contribution in [0.15, 0.2) is 18.2 Å². The molecule has 0 aliphatic rings. The summed E-state index contributed by atoms with van der Waals surface area (Å²) in [5.41, 5.74) is 1.84. The molecule has 0 aromatic heterocycles. The first-order valence-electron chi connectivity index (χ1n) is 3.93. The summed E-state index contributed by atoms with van der Waals surface area (Å²) in [5, 5.41) is 0.637. The molecule has 0 aliphatic carbocycles. The molecular weight excluding hydrogens is 184 g/mol. The van der Waals surface area contributed by atoms with Crippen molar-refractivity contribution >= 4 is 17.9 Å². The number of aldehydes is 1. The van der Waals surface area contributed by atoms with E-state index in [0.29, 0.717) is 5.02 Å². The van der Waals surface area contributed by atoms with Gasteiger partial charge in [-0.25, -0.2) is 0 Å². The SMILES string of the molecule is Cc1cccc(Cl)c1C#CCC=O. The summed E-state index contributed by atoms with van der Waals surface area (Å²) in [6, 6.07) is 5.61. The lowest BCUT2D eigenvalue weighted by Crippen LogP contribution is -1.82. The molecule has 0 atom stereocenters. The van der Waals surface area contributed by atoms with Crippen LogP contribution in [0, 0.1) is 18.8 Å². The summed E-state index contributed by atoms with van der Waals surface area (Å²) in [5.74, 6) is 5.60. The van der Waals surface area contributed by atoms with Gasteiger partial charge in [0.25, 0.3) is 0 Å². The number of carbonyl (C=O) groups is 1. The monoisotopic (exact) mass is 192 g/mol. The van der Waals surface area contributed by atoms with Gasteiger partial charge in [0, 0.05) is 5.56 Å². The number of halogens is 1. The molecule has 1 nitrogen and oxygen atoms in total. The summed E-state index contributed by atoms with van der Waals surface area (Å²) in [7, 11) is 0. The molecule has 1 rings (SSSR count). The molecule has 0 N–H and O–H groups in total. The summed E-state index contributed by atoms with van der Waals surface area (Å²) in [6.45, 7) is 1.94. The highest BCUT2D eigenvalue weighted by Gasteiger charge is 1.98. The highest BCUT2D eigenvalue weighted by molar-refractivity contribution is 6.31. The van der Waals surface area contributed by atoms with E-state index in [1.807, 2.05) is 19.1 Å². The molecule has 1 aromatic carbocycles. The quantitative estimate of drug-likeness (QED) is 0.494. The molecule has 0 fully saturated rings. The lowest BCUT2D eigenvalue weighted by Gasteiger charge is -1.98. The lowest BCUT2D eigenvalue weighted by atomic mass is 10.1. The minimum Gasteiger partial charge on any atom is -0.302 e. The van der Waals surface area contributed by atoms with E-state index in [-0.39, 0.29) is 6.42 Å². The molecule has 0 bridgehead atoms. The van der Waals surface area contributed by atoms with Crippen molar-refractivity contribution in [3.05, 3.63) is 34.3 Å². The van der Waals surface area contributed by atoms with E-state index in [1.54, 1.807) is 6.07 Å². The average Bonchev–Trinajstić information content (AvgIpc) is 2.10.